The molecular weight excluding hydrogens is 418 g/mol. The molecule has 2 atom stereocenters. The molecule has 31 heavy (non-hydrogen) atoms. The maximum Gasteiger partial charge on any atom is 0.251 e. The average molecular weight is 448 g/mol. The quantitative estimate of drug-likeness (QED) is 0.668. The van der Waals surface area contributed by atoms with E-state index in [1.807, 2.05) is 26.8 Å². The van der Waals surface area contributed by atoms with Crippen molar-refractivity contribution in [3.63, 3.8) is 0 Å². The first-order valence-corrected chi connectivity index (χ1v) is 11.9. The Morgan fingerprint density at radius 1 is 1.23 bits per heavy atom. The molecule has 1 aliphatic heterocycles. The highest BCUT2D eigenvalue weighted by atomic mass is 32.2. The van der Waals surface area contributed by atoms with Gasteiger partial charge in [-0.15, -0.1) is 0 Å². The van der Waals surface area contributed by atoms with E-state index in [1.165, 1.54) is 16.4 Å². The largest absolute Gasteiger partial charge is 0.477 e. The van der Waals surface area contributed by atoms with Crippen LogP contribution in [-0.2, 0) is 21.3 Å². The van der Waals surface area contributed by atoms with Gasteiger partial charge in [-0.05, 0) is 44.5 Å². The summed E-state index contributed by atoms with van der Waals surface area (Å²) in [6, 6.07) is 9.70. The van der Waals surface area contributed by atoms with Crippen molar-refractivity contribution in [1.29, 1.82) is 0 Å². The molecule has 1 saturated heterocycles. The number of carbonyl (C=O) groups excluding carboxylic acids is 1. The maximum absolute atomic E-state index is 13.1. The van der Waals surface area contributed by atoms with Gasteiger partial charge in [0.05, 0.1) is 23.7 Å². The first-order valence-electron chi connectivity index (χ1n) is 10.4. The van der Waals surface area contributed by atoms with Crippen LogP contribution in [0.2, 0.25) is 0 Å². The highest BCUT2D eigenvalue weighted by Crippen LogP contribution is 2.22. The number of sulfonamides is 1. The average Bonchev–Trinajstić information content (AvgIpc) is 2.76. The van der Waals surface area contributed by atoms with E-state index in [1.54, 1.807) is 24.4 Å². The number of nitrogens with one attached hydrogen (secondary N) is 1. The van der Waals surface area contributed by atoms with Crippen LogP contribution in [0.4, 0.5) is 0 Å². The molecule has 8 nitrogen and oxygen atoms in total. The Morgan fingerprint density at radius 3 is 2.68 bits per heavy atom. The molecule has 1 fully saturated rings. The van der Waals surface area contributed by atoms with E-state index in [0.29, 0.717) is 12.5 Å². The van der Waals surface area contributed by atoms with Crippen LogP contribution in [-0.4, -0.2) is 55.5 Å². The third-order valence-electron chi connectivity index (χ3n) is 4.85. The number of amides is 1. The van der Waals surface area contributed by atoms with E-state index in [0.717, 1.165) is 12.0 Å². The van der Waals surface area contributed by atoms with Gasteiger partial charge in [-0.3, -0.25) is 4.79 Å². The summed E-state index contributed by atoms with van der Waals surface area (Å²) in [5.74, 6) is 0.114. The van der Waals surface area contributed by atoms with Gasteiger partial charge in [0.25, 0.3) is 5.91 Å². The maximum atomic E-state index is 13.1. The minimum absolute atomic E-state index is 0.0924. The number of nitrogens with zero attached hydrogens (tertiary/aromatic N) is 2. The minimum Gasteiger partial charge on any atom is -0.477 e. The normalized spacial score (nSPS) is 19.7. The first kappa shape index (κ1) is 23.2. The van der Waals surface area contributed by atoms with Gasteiger partial charge in [-0.1, -0.05) is 19.1 Å². The fourth-order valence-electron chi connectivity index (χ4n) is 3.44. The van der Waals surface area contributed by atoms with Crippen molar-refractivity contribution in [1.82, 2.24) is 14.6 Å². The van der Waals surface area contributed by atoms with Gasteiger partial charge < -0.3 is 14.8 Å². The Labute approximate surface area is 183 Å². The molecule has 0 unspecified atom stereocenters. The molecule has 1 aromatic heterocycles. The lowest BCUT2D eigenvalue weighted by Crippen LogP contribution is -2.48. The van der Waals surface area contributed by atoms with Crippen molar-refractivity contribution >= 4 is 15.9 Å². The third-order valence-corrected chi connectivity index (χ3v) is 6.68. The molecule has 1 aromatic carbocycles. The molecule has 0 saturated carbocycles. The van der Waals surface area contributed by atoms with Crippen LogP contribution in [0.3, 0.4) is 0 Å². The molecule has 9 heteroatoms. The van der Waals surface area contributed by atoms with E-state index in [4.69, 9.17) is 9.47 Å². The number of aromatic nitrogens is 1. The molecule has 0 bridgehead atoms. The molecule has 2 aromatic rings. The number of morpholine rings is 1. The van der Waals surface area contributed by atoms with E-state index < -0.39 is 10.0 Å². The molecule has 0 spiro atoms. The second kappa shape index (κ2) is 10.2. The standard InChI is InChI=1S/C22H29N3O5S/c1-4-11-29-22-19(8-6-10-23-22)13-24-21(26)18-7-5-9-20(12-18)31(27,28)25-14-16(2)30-17(3)15-25/h5-10,12,16-17H,4,11,13-15H2,1-3H3,(H,24,26)/t16-,17-/m0/s1. The lowest BCUT2D eigenvalue weighted by molar-refractivity contribution is -0.0440. The Bertz CT molecular complexity index is 1000. The van der Waals surface area contributed by atoms with Gasteiger partial charge in [-0.25, -0.2) is 13.4 Å². The second-order valence-corrected chi connectivity index (χ2v) is 9.54. The zero-order valence-electron chi connectivity index (χ0n) is 18.1. The molecule has 1 amide bonds. The van der Waals surface area contributed by atoms with E-state index in [-0.39, 0.29) is 48.2 Å². The summed E-state index contributed by atoms with van der Waals surface area (Å²) >= 11 is 0. The van der Waals surface area contributed by atoms with Gasteiger partial charge >= 0.3 is 0 Å². The number of hydrogen-bond acceptors (Lipinski definition) is 6. The molecular formula is C22H29N3O5S. The van der Waals surface area contributed by atoms with E-state index in [2.05, 4.69) is 10.3 Å². The summed E-state index contributed by atoms with van der Waals surface area (Å²) in [5, 5.41) is 2.82. The number of benzene rings is 1. The summed E-state index contributed by atoms with van der Waals surface area (Å²) < 4.78 is 38.8. The highest BCUT2D eigenvalue weighted by Gasteiger charge is 2.32. The van der Waals surface area contributed by atoms with Crippen molar-refractivity contribution in [2.45, 2.75) is 50.8 Å². The zero-order valence-corrected chi connectivity index (χ0v) is 18.9. The number of hydrogen-bond donors (Lipinski definition) is 1. The molecule has 2 heterocycles. The smallest absolute Gasteiger partial charge is 0.251 e. The van der Waals surface area contributed by atoms with Gasteiger partial charge in [0.1, 0.15) is 0 Å². The zero-order chi connectivity index (χ0) is 22.4. The van der Waals surface area contributed by atoms with E-state index in [9.17, 15) is 13.2 Å². The fourth-order valence-corrected chi connectivity index (χ4v) is 5.08. The third kappa shape index (κ3) is 5.81. The van der Waals surface area contributed by atoms with Crippen LogP contribution in [0.15, 0.2) is 47.5 Å². The molecule has 168 valence electrons. The summed E-state index contributed by atoms with van der Waals surface area (Å²) in [5.41, 5.74) is 1.03. The number of pyridine rings is 1. The van der Waals surface area contributed by atoms with Gasteiger partial charge in [0.2, 0.25) is 15.9 Å². The van der Waals surface area contributed by atoms with Gasteiger partial charge in [-0.2, -0.15) is 4.31 Å². The van der Waals surface area contributed by atoms with E-state index >= 15 is 0 Å². The lowest BCUT2D eigenvalue weighted by atomic mass is 10.2. The minimum atomic E-state index is -3.72. The predicted molar refractivity (Wildman–Crippen MR) is 116 cm³/mol. The molecule has 1 aliphatic rings. The van der Waals surface area contributed by atoms with Crippen LogP contribution in [0, 0.1) is 0 Å². The Morgan fingerprint density at radius 2 is 1.97 bits per heavy atom. The van der Waals surface area contributed by atoms with Crippen LogP contribution >= 0.6 is 0 Å². The van der Waals surface area contributed by atoms with Crippen LogP contribution in [0.5, 0.6) is 5.88 Å². The molecule has 1 N–H and O–H groups in total. The number of rotatable bonds is 8. The fraction of sp³-hybridized carbons (Fsp3) is 0.455. The number of carbonyl (C=O) groups is 1. The van der Waals surface area contributed by atoms with Crippen molar-refractivity contribution in [3.8, 4) is 5.88 Å². The Hall–Kier alpha value is -2.49. The van der Waals surface area contributed by atoms with Crippen LogP contribution < -0.4 is 10.1 Å². The number of ether oxygens (including phenoxy) is 2. The topological polar surface area (TPSA) is 97.8 Å². The van der Waals surface area contributed by atoms with Crippen LogP contribution in [0.1, 0.15) is 43.1 Å². The van der Waals surface area contributed by atoms with Crippen LogP contribution in [0.25, 0.3) is 0 Å². The SMILES string of the molecule is CCCOc1ncccc1CNC(=O)c1cccc(S(=O)(=O)N2C[C@H](C)O[C@@H](C)C2)c1. The summed E-state index contributed by atoms with van der Waals surface area (Å²) in [6.45, 7) is 7.02. The Balaban J connectivity index is 1.72. The van der Waals surface area contributed by atoms with Gasteiger partial charge in [0, 0.05) is 37.0 Å². The second-order valence-electron chi connectivity index (χ2n) is 7.61. The van der Waals surface area contributed by atoms with Crippen molar-refractivity contribution in [2.75, 3.05) is 19.7 Å². The van der Waals surface area contributed by atoms with Crippen molar-refractivity contribution < 1.29 is 22.7 Å². The first-order chi connectivity index (χ1) is 14.8. The Kier molecular flexibility index (Phi) is 7.64. The molecule has 0 aliphatic carbocycles. The monoisotopic (exact) mass is 447 g/mol. The highest BCUT2D eigenvalue weighted by molar-refractivity contribution is 7.89. The molecule has 0 radical (unpaired) electrons. The predicted octanol–water partition coefficient (Wildman–Crippen LogP) is 2.60. The summed E-state index contributed by atoms with van der Waals surface area (Å²) in [4.78, 5) is 17.0. The van der Waals surface area contributed by atoms with Crippen molar-refractivity contribution in [2.24, 2.45) is 0 Å². The summed E-state index contributed by atoms with van der Waals surface area (Å²) in [7, 11) is -3.72. The van der Waals surface area contributed by atoms with Gasteiger partial charge in [0.15, 0.2) is 0 Å². The van der Waals surface area contributed by atoms with Crippen molar-refractivity contribution in [3.05, 3.63) is 53.7 Å². The lowest BCUT2D eigenvalue weighted by Gasteiger charge is -2.34. The summed E-state index contributed by atoms with van der Waals surface area (Å²) in [6.07, 6.45) is 2.12. The molecule has 3 rings (SSSR count).